The van der Waals surface area contributed by atoms with Crippen LogP contribution in [0.25, 0.3) is 27.4 Å². The van der Waals surface area contributed by atoms with Crippen LogP contribution in [-0.4, -0.2) is 37.4 Å². The normalized spacial score (nSPS) is 13.1. The molecule has 2 aromatic heterocycles. The van der Waals surface area contributed by atoms with Crippen molar-refractivity contribution in [2.75, 3.05) is 11.9 Å². The van der Waals surface area contributed by atoms with E-state index >= 15 is 0 Å². The fourth-order valence-corrected chi connectivity index (χ4v) is 4.50. The second-order valence-electron chi connectivity index (χ2n) is 8.59. The number of nitriles is 1. The van der Waals surface area contributed by atoms with Gasteiger partial charge in [0.2, 0.25) is 0 Å². The minimum absolute atomic E-state index is 0.167. The van der Waals surface area contributed by atoms with Crippen molar-refractivity contribution >= 4 is 39.0 Å². The molecule has 0 bridgehead atoms. The Balaban J connectivity index is 1.21. The maximum atomic E-state index is 12.9. The molecule has 0 radical (unpaired) electrons. The molecule has 0 saturated carbocycles. The zero-order valence-electron chi connectivity index (χ0n) is 19.2. The lowest BCUT2D eigenvalue weighted by Crippen LogP contribution is -2.30. The number of aromatic amines is 1. The van der Waals surface area contributed by atoms with Gasteiger partial charge < -0.3 is 10.3 Å². The molecule has 3 heterocycles. The molecule has 0 spiro atoms. The molecule has 0 atom stereocenters. The molecule has 2 N–H and O–H groups in total. The van der Waals surface area contributed by atoms with Gasteiger partial charge in [-0.2, -0.15) is 5.26 Å². The number of carbonyl (C=O) groups excluding carboxylic acids is 1. The first-order valence-electron chi connectivity index (χ1n) is 11.5. The zero-order chi connectivity index (χ0) is 24.5. The largest absolute Gasteiger partial charge is 0.346 e. The molecule has 1 aliphatic heterocycles. The number of hydrazine groups is 1. The standard InChI is InChI=1S/C28H21N7O/c29-17-35-16-23(26-25-10-11-30-27(25)32-18-31-26)15-34(35)14-19-4-3-7-24(12-19)33-28(36)22-9-8-20-5-1-2-6-21(20)13-22/h1-13,15,18H,14,16H2,(H,33,36)(H,30,31,32). The maximum absolute atomic E-state index is 12.9. The molecule has 8 nitrogen and oxygen atoms in total. The molecule has 1 aliphatic rings. The highest BCUT2D eigenvalue weighted by atomic mass is 16.1. The van der Waals surface area contributed by atoms with Gasteiger partial charge in [-0.15, -0.1) is 0 Å². The third kappa shape index (κ3) is 3.99. The third-order valence-corrected chi connectivity index (χ3v) is 6.25. The molecule has 0 fully saturated rings. The Morgan fingerprint density at radius 2 is 1.92 bits per heavy atom. The van der Waals surface area contributed by atoms with E-state index in [1.807, 2.05) is 90.2 Å². The van der Waals surface area contributed by atoms with Crippen molar-refractivity contribution in [1.29, 1.82) is 5.26 Å². The Bertz CT molecular complexity index is 1680. The van der Waals surface area contributed by atoms with E-state index in [4.69, 9.17) is 0 Å². The first-order chi connectivity index (χ1) is 17.7. The molecule has 6 rings (SSSR count). The van der Waals surface area contributed by atoms with Crippen molar-refractivity contribution in [3.05, 3.63) is 108 Å². The van der Waals surface area contributed by atoms with E-state index in [1.165, 1.54) is 6.33 Å². The fourth-order valence-electron chi connectivity index (χ4n) is 4.50. The van der Waals surface area contributed by atoms with Crippen LogP contribution in [0.4, 0.5) is 5.69 Å². The summed E-state index contributed by atoms with van der Waals surface area (Å²) >= 11 is 0. The molecule has 0 aliphatic carbocycles. The summed E-state index contributed by atoms with van der Waals surface area (Å²) in [5, 5.41) is 19.2. The molecule has 3 aromatic carbocycles. The number of hydrogen-bond acceptors (Lipinski definition) is 6. The van der Waals surface area contributed by atoms with Gasteiger partial charge in [0.25, 0.3) is 5.91 Å². The number of nitrogens with one attached hydrogen (secondary N) is 2. The predicted octanol–water partition coefficient (Wildman–Crippen LogP) is 4.92. The van der Waals surface area contributed by atoms with Crippen LogP contribution in [0, 0.1) is 11.5 Å². The quantitative estimate of drug-likeness (QED) is 0.353. The van der Waals surface area contributed by atoms with Crippen molar-refractivity contribution in [2.45, 2.75) is 6.54 Å². The lowest BCUT2D eigenvalue weighted by atomic mass is 10.1. The van der Waals surface area contributed by atoms with Gasteiger partial charge in [-0.3, -0.25) is 9.80 Å². The van der Waals surface area contributed by atoms with E-state index in [9.17, 15) is 10.1 Å². The van der Waals surface area contributed by atoms with Gasteiger partial charge in [0, 0.05) is 34.6 Å². The molecular formula is C28H21N7O. The van der Waals surface area contributed by atoms with E-state index in [0.717, 1.165) is 38.6 Å². The summed E-state index contributed by atoms with van der Waals surface area (Å²) in [5.41, 5.74) is 4.76. The Labute approximate surface area is 207 Å². The molecular weight excluding hydrogens is 450 g/mol. The highest BCUT2D eigenvalue weighted by Gasteiger charge is 2.24. The van der Waals surface area contributed by atoms with Gasteiger partial charge in [0.1, 0.15) is 12.0 Å². The maximum Gasteiger partial charge on any atom is 0.255 e. The van der Waals surface area contributed by atoms with Gasteiger partial charge in [0.05, 0.1) is 18.8 Å². The summed E-state index contributed by atoms with van der Waals surface area (Å²) in [5.74, 6) is -0.167. The van der Waals surface area contributed by atoms with Crippen LogP contribution < -0.4 is 5.32 Å². The van der Waals surface area contributed by atoms with E-state index in [-0.39, 0.29) is 5.91 Å². The molecule has 36 heavy (non-hydrogen) atoms. The Morgan fingerprint density at radius 1 is 1.03 bits per heavy atom. The fraction of sp³-hybridized carbons (Fsp3) is 0.0714. The van der Waals surface area contributed by atoms with E-state index in [2.05, 4.69) is 26.5 Å². The smallest absolute Gasteiger partial charge is 0.255 e. The van der Waals surface area contributed by atoms with Crippen molar-refractivity contribution in [1.82, 2.24) is 25.0 Å². The average molecular weight is 472 g/mol. The minimum atomic E-state index is -0.167. The summed E-state index contributed by atoms with van der Waals surface area (Å²) < 4.78 is 0. The van der Waals surface area contributed by atoms with E-state index in [0.29, 0.717) is 24.3 Å². The minimum Gasteiger partial charge on any atom is -0.346 e. The number of carbonyl (C=O) groups is 1. The summed E-state index contributed by atoms with van der Waals surface area (Å²) in [6.45, 7) is 0.893. The molecule has 0 unspecified atom stereocenters. The number of anilines is 1. The summed E-state index contributed by atoms with van der Waals surface area (Å²) in [6.07, 6.45) is 7.54. The second-order valence-corrected chi connectivity index (χ2v) is 8.59. The highest BCUT2D eigenvalue weighted by Crippen LogP contribution is 2.28. The van der Waals surface area contributed by atoms with Gasteiger partial charge in [-0.1, -0.05) is 42.5 Å². The number of fused-ring (bicyclic) bond motifs is 2. The highest BCUT2D eigenvalue weighted by molar-refractivity contribution is 6.06. The monoisotopic (exact) mass is 471 g/mol. The second kappa shape index (κ2) is 8.89. The molecule has 174 valence electrons. The van der Waals surface area contributed by atoms with Crippen LogP contribution in [0.5, 0.6) is 0 Å². The number of rotatable bonds is 5. The van der Waals surface area contributed by atoms with E-state index in [1.54, 1.807) is 5.01 Å². The average Bonchev–Trinajstić information content (AvgIpc) is 3.55. The number of H-pyrrole nitrogens is 1. The lowest BCUT2D eigenvalue weighted by molar-refractivity contribution is 0.102. The van der Waals surface area contributed by atoms with Crippen molar-refractivity contribution < 1.29 is 4.79 Å². The number of amides is 1. The predicted molar refractivity (Wildman–Crippen MR) is 138 cm³/mol. The van der Waals surface area contributed by atoms with Gasteiger partial charge >= 0.3 is 0 Å². The van der Waals surface area contributed by atoms with Crippen molar-refractivity contribution in [3.8, 4) is 6.19 Å². The van der Waals surface area contributed by atoms with Crippen LogP contribution in [0.15, 0.2) is 91.5 Å². The Hall–Kier alpha value is -5.16. The number of nitrogens with zero attached hydrogens (tertiary/aromatic N) is 5. The van der Waals surface area contributed by atoms with Crippen LogP contribution >= 0.6 is 0 Å². The zero-order valence-corrected chi connectivity index (χ0v) is 19.2. The van der Waals surface area contributed by atoms with Crippen molar-refractivity contribution in [3.63, 3.8) is 0 Å². The van der Waals surface area contributed by atoms with Crippen LogP contribution in [0.1, 0.15) is 21.6 Å². The van der Waals surface area contributed by atoms with Gasteiger partial charge in [-0.25, -0.2) is 15.0 Å². The van der Waals surface area contributed by atoms with Crippen LogP contribution in [0.3, 0.4) is 0 Å². The summed E-state index contributed by atoms with van der Waals surface area (Å²) in [7, 11) is 0. The first kappa shape index (κ1) is 21.4. The van der Waals surface area contributed by atoms with Gasteiger partial charge in [-0.05, 0) is 46.7 Å². The number of hydrogen-bond donors (Lipinski definition) is 2. The summed E-state index contributed by atoms with van der Waals surface area (Å²) in [4.78, 5) is 24.7. The Morgan fingerprint density at radius 3 is 2.81 bits per heavy atom. The van der Waals surface area contributed by atoms with Crippen molar-refractivity contribution in [2.24, 2.45) is 0 Å². The third-order valence-electron chi connectivity index (χ3n) is 6.25. The first-order valence-corrected chi connectivity index (χ1v) is 11.5. The SMILES string of the molecule is N#CN1CC(c2ncnc3[nH]ccc23)=CN1Cc1cccc(NC(=O)c2ccc3ccccc3c2)c1. The molecule has 8 heteroatoms. The number of benzene rings is 3. The van der Waals surface area contributed by atoms with Gasteiger partial charge in [0.15, 0.2) is 6.19 Å². The Kier molecular flexibility index (Phi) is 5.28. The van der Waals surface area contributed by atoms with E-state index < -0.39 is 0 Å². The lowest BCUT2D eigenvalue weighted by Gasteiger charge is -2.23. The van der Waals surface area contributed by atoms with Crippen LogP contribution in [0.2, 0.25) is 0 Å². The number of aromatic nitrogens is 3. The topological polar surface area (TPSA) is 101 Å². The summed E-state index contributed by atoms with van der Waals surface area (Å²) in [6, 6.07) is 23.2. The molecule has 0 saturated heterocycles. The van der Waals surface area contributed by atoms with Crippen LogP contribution in [-0.2, 0) is 6.54 Å². The molecule has 1 amide bonds. The molecule has 5 aromatic rings.